The van der Waals surface area contributed by atoms with Crippen molar-refractivity contribution in [2.45, 2.75) is 32.1 Å². The van der Waals surface area contributed by atoms with Crippen LogP contribution >= 0.6 is 0 Å². The molecule has 0 spiro atoms. The van der Waals surface area contributed by atoms with Crippen LogP contribution in [0.25, 0.3) is 0 Å². The Labute approximate surface area is 102 Å². The van der Waals surface area contributed by atoms with E-state index in [-0.39, 0.29) is 17.6 Å². The molecule has 1 aliphatic carbocycles. The highest BCUT2D eigenvalue weighted by atomic mass is 16.5. The third-order valence-corrected chi connectivity index (χ3v) is 3.86. The molecule has 17 heavy (non-hydrogen) atoms. The van der Waals surface area contributed by atoms with Gasteiger partial charge in [-0.25, -0.2) is 0 Å². The summed E-state index contributed by atoms with van der Waals surface area (Å²) in [5.41, 5.74) is 0. The van der Waals surface area contributed by atoms with Gasteiger partial charge in [0.15, 0.2) is 0 Å². The molecule has 1 aliphatic heterocycles. The maximum absolute atomic E-state index is 12.1. The van der Waals surface area contributed by atoms with Crippen LogP contribution in [-0.4, -0.2) is 43.4 Å². The fourth-order valence-corrected chi connectivity index (χ4v) is 2.71. The summed E-state index contributed by atoms with van der Waals surface area (Å²) in [6, 6.07) is 0. The zero-order valence-corrected chi connectivity index (χ0v) is 10.5. The predicted molar refractivity (Wildman–Crippen MR) is 63.5 cm³/mol. The summed E-state index contributed by atoms with van der Waals surface area (Å²) in [5, 5.41) is 0. The summed E-state index contributed by atoms with van der Waals surface area (Å²) in [5.74, 6) is 0.995. The van der Waals surface area contributed by atoms with Gasteiger partial charge >= 0.3 is 0 Å². The molecule has 2 fully saturated rings. The minimum atomic E-state index is -0.0105. The topological polar surface area (TPSA) is 46.6 Å². The summed E-state index contributed by atoms with van der Waals surface area (Å²) in [6.45, 7) is 2.49. The van der Waals surface area contributed by atoms with Gasteiger partial charge in [-0.2, -0.15) is 0 Å². The third kappa shape index (κ3) is 3.06. The highest BCUT2D eigenvalue weighted by Gasteiger charge is 2.36. The van der Waals surface area contributed by atoms with Crippen molar-refractivity contribution >= 4 is 11.7 Å². The number of rotatable bonds is 4. The van der Waals surface area contributed by atoms with Crippen molar-refractivity contribution < 1.29 is 14.3 Å². The molecule has 0 aromatic rings. The van der Waals surface area contributed by atoms with Gasteiger partial charge in [0.2, 0.25) is 5.91 Å². The molecule has 0 bridgehead atoms. The first-order chi connectivity index (χ1) is 8.20. The lowest BCUT2D eigenvalue weighted by Gasteiger charge is -2.36. The Morgan fingerprint density at radius 3 is 2.88 bits per heavy atom. The molecule has 4 nitrogen and oxygen atoms in total. The number of hydrogen-bond acceptors (Lipinski definition) is 3. The number of carbonyl (C=O) groups excluding carboxylic acids is 2. The Morgan fingerprint density at radius 1 is 1.47 bits per heavy atom. The zero-order valence-electron chi connectivity index (χ0n) is 10.5. The van der Waals surface area contributed by atoms with Crippen LogP contribution in [0, 0.1) is 11.8 Å². The third-order valence-electron chi connectivity index (χ3n) is 3.86. The van der Waals surface area contributed by atoms with Crippen LogP contribution in [0.2, 0.25) is 0 Å². The van der Waals surface area contributed by atoms with E-state index in [4.69, 9.17) is 4.74 Å². The van der Waals surface area contributed by atoms with E-state index in [9.17, 15) is 9.59 Å². The number of methoxy groups -OCH3 is 1. The molecular formula is C13H21NO3. The molecule has 96 valence electrons. The monoisotopic (exact) mass is 239 g/mol. The second-order valence-electron chi connectivity index (χ2n) is 5.22. The highest BCUT2D eigenvalue weighted by molar-refractivity contribution is 5.96. The first-order valence-electron chi connectivity index (χ1n) is 6.50. The van der Waals surface area contributed by atoms with Gasteiger partial charge in [0, 0.05) is 39.6 Å². The Bertz CT molecular complexity index is 295. The second-order valence-corrected chi connectivity index (χ2v) is 5.22. The van der Waals surface area contributed by atoms with Gasteiger partial charge in [0.05, 0.1) is 5.92 Å². The van der Waals surface area contributed by atoms with Crippen LogP contribution in [-0.2, 0) is 14.3 Å². The van der Waals surface area contributed by atoms with Gasteiger partial charge in [0.1, 0.15) is 5.78 Å². The van der Waals surface area contributed by atoms with Gasteiger partial charge < -0.3 is 9.64 Å². The number of carbonyl (C=O) groups is 2. The van der Waals surface area contributed by atoms with Crippen molar-refractivity contribution in [1.29, 1.82) is 0 Å². The standard InChI is InChI=1S/C13H21NO3/c1-17-6-4-10-3-2-5-14(9-10)13(16)11-7-12(15)8-11/h10-11H,2-9H2,1H3. The number of likely N-dealkylation sites (tertiary alicyclic amines) is 1. The number of Topliss-reactive ketones (excluding diaryl/α,β-unsaturated/α-hetero) is 1. The van der Waals surface area contributed by atoms with Crippen LogP contribution < -0.4 is 0 Å². The minimum Gasteiger partial charge on any atom is -0.385 e. The van der Waals surface area contributed by atoms with Crippen molar-refractivity contribution in [3.8, 4) is 0 Å². The summed E-state index contributed by atoms with van der Waals surface area (Å²) in [4.78, 5) is 25.0. The predicted octanol–water partition coefficient (Wildman–Crippen LogP) is 1.24. The Hall–Kier alpha value is -0.900. The number of amides is 1. The molecule has 2 rings (SSSR count). The van der Waals surface area contributed by atoms with E-state index in [2.05, 4.69) is 0 Å². The van der Waals surface area contributed by atoms with E-state index in [0.717, 1.165) is 32.5 Å². The maximum atomic E-state index is 12.1. The molecule has 0 radical (unpaired) electrons. The summed E-state index contributed by atoms with van der Waals surface area (Å²) in [7, 11) is 1.71. The lowest BCUT2D eigenvalue weighted by Crippen LogP contribution is -2.46. The molecule has 2 aliphatic rings. The molecule has 0 N–H and O–H groups in total. The summed E-state index contributed by atoms with van der Waals surface area (Å²) in [6.07, 6.45) is 4.25. The van der Waals surface area contributed by atoms with Crippen molar-refractivity contribution in [2.24, 2.45) is 11.8 Å². The number of piperidine rings is 1. The normalized spacial score (nSPS) is 25.8. The van der Waals surface area contributed by atoms with E-state index in [1.165, 1.54) is 6.42 Å². The maximum Gasteiger partial charge on any atom is 0.226 e. The number of ether oxygens (including phenoxy) is 1. The zero-order chi connectivity index (χ0) is 12.3. The molecule has 1 amide bonds. The lowest BCUT2D eigenvalue weighted by atomic mass is 9.82. The molecule has 0 aromatic carbocycles. The molecule has 1 saturated heterocycles. The highest BCUT2D eigenvalue weighted by Crippen LogP contribution is 2.28. The second kappa shape index (κ2) is 5.63. The SMILES string of the molecule is COCCC1CCCN(C(=O)C2CC(=O)C2)C1. The van der Waals surface area contributed by atoms with E-state index in [1.807, 2.05) is 4.90 Å². The van der Waals surface area contributed by atoms with Gasteiger partial charge in [0.25, 0.3) is 0 Å². The molecule has 1 atom stereocenters. The van der Waals surface area contributed by atoms with Crippen molar-refractivity contribution in [1.82, 2.24) is 4.90 Å². The van der Waals surface area contributed by atoms with E-state index in [0.29, 0.717) is 18.8 Å². The largest absolute Gasteiger partial charge is 0.385 e. The lowest BCUT2D eigenvalue weighted by molar-refractivity contribution is -0.146. The Kier molecular flexibility index (Phi) is 4.15. The first kappa shape index (κ1) is 12.6. The Balaban J connectivity index is 1.80. The van der Waals surface area contributed by atoms with Gasteiger partial charge in [-0.15, -0.1) is 0 Å². The van der Waals surface area contributed by atoms with Crippen LogP contribution in [0.1, 0.15) is 32.1 Å². The van der Waals surface area contributed by atoms with E-state index in [1.54, 1.807) is 7.11 Å². The first-order valence-corrected chi connectivity index (χ1v) is 6.50. The summed E-state index contributed by atoms with van der Waals surface area (Å²) < 4.78 is 5.09. The van der Waals surface area contributed by atoms with Gasteiger partial charge in [-0.3, -0.25) is 9.59 Å². The van der Waals surface area contributed by atoms with Crippen LogP contribution in [0.3, 0.4) is 0 Å². The fourth-order valence-electron chi connectivity index (χ4n) is 2.71. The molecular weight excluding hydrogens is 218 g/mol. The van der Waals surface area contributed by atoms with E-state index >= 15 is 0 Å². The van der Waals surface area contributed by atoms with Crippen LogP contribution in [0.4, 0.5) is 0 Å². The fraction of sp³-hybridized carbons (Fsp3) is 0.846. The van der Waals surface area contributed by atoms with Crippen LogP contribution in [0.15, 0.2) is 0 Å². The molecule has 0 aromatic heterocycles. The van der Waals surface area contributed by atoms with Crippen molar-refractivity contribution in [3.05, 3.63) is 0 Å². The molecule has 1 heterocycles. The Morgan fingerprint density at radius 2 is 2.24 bits per heavy atom. The quantitative estimate of drug-likeness (QED) is 0.741. The minimum absolute atomic E-state index is 0.0105. The smallest absolute Gasteiger partial charge is 0.226 e. The van der Waals surface area contributed by atoms with E-state index < -0.39 is 0 Å². The summed E-state index contributed by atoms with van der Waals surface area (Å²) >= 11 is 0. The average Bonchev–Trinajstić information content (AvgIpc) is 2.32. The van der Waals surface area contributed by atoms with Crippen molar-refractivity contribution in [2.75, 3.05) is 26.8 Å². The molecule has 1 unspecified atom stereocenters. The molecule has 1 saturated carbocycles. The molecule has 4 heteroatoms. The van der Waals surface area contributed by atoms with Crippen LogP contribution in [0.5, 0.6) is 0 Å². The van der Waals surface area contributed by atoms with Crippen molar-refractivity contribution in [3.63, 3.8) is 0 Å². The number of ketones is 1. The average molecular weight is 239 g/mol. The van der Waals surface area contributed by atoms with Gasteiger partial charge in [-0.05, 0) is 25.2 Å². The number of hydrogen-bond donors (Lipinski definition) is 0. The number of nitrogens with zero attached hydrogens (tertiary/aromatic N) is 1. The van der Waals surface area contributed by atoms with Gasteiger partial charge in [-0.1, -0.05) is 0 Å².